The van der Waals surface area contributed by atoms with Gasteiger partial charge in [0.15, 0.2) is 0 Å². The van der Waals surface area contributed by atoms with Crippen molar-refractivity contribution < 1.29 is 18.8 Å². The molecular weight excluding hydrogens is 202 g/mol. The molecule has 6 heteroatoms. The van der Waals surface area contributed by atoms with Gasteiger partial charge in [0.25, 0.3) is 0 Å². The van der Waals surface area contributed by atoms with Gasteiger partial charge in [0.05, 0.1) is 6.61 Å². The van der Waals surface area contributed by atoms with Crippen molar-refractivity contribution in [2.45, 2.75) is 38.0 Å². The molecule has 1 aliphatic rings. The van der Waals surface area contributed by atoms with Crippen molar-refractivity contribution in [3.8, 4) is 0 Å². The minimum absolute atomic E-state index is 0.127. The average molecular weight is 218 g/mol. The van der Waals surface area contributed by atoms with Crippen LogP contribution in [0.25, 0.3) is 0 Å². The predicted octanol–water partition coefficient (Wildman–Crippen LogP) is -0.137. The van der Waals surface area contributed by atoms with Crippen LogP contribution in [0.5, 0.6) is 0 Å². The van der Waals surface area contributed by atoms with Crippen LogP contribution < -0.4 is 0 Å². The van der Waals surface area contributed by atoms with Gasteiger partial charge in [-0.3, -0.25) is 4.79 Å². The molecule has 0 aromatic rings. The molecule has 1 fully saturated rings. The van der Waals surface area contributed by atoms with Gasteiger partial charge in [-0.2, -0.15) is 0 Å². The van der Waals surface area contributed by atoms with Crippen molar-refractivity contribution in [1.29, 1.82) is 0 Å². The van der Waals surface area contributed by atoms with E-state index in [0.29, 0.717) is 13.0 Å². The molecule has 1 aliphatic heterocycles. The van der Waals surface area contributed by atoms with E-state index in [1.165, 1.54) is 0 Å². The zero-order valence-electron chi connectivity index (χ0n) is 8.56. The van der Waals surface area contributed by atoms with E-state index in [1.54, 1.807) is 6.92 Å². The molecule has 14 heavy (non-hydrogen) atoms. The lowest BCUT2D eigenvalue weighted by atomic mass is 9.96. The molecule has 0 aliphatic carbocycles. The molecule has 4 atom stereocenters. The molecule has 2 unspecified atom stereocenters. The Morgan fingerprint density at radius 3 is 3.00 bits per heavy atom. The lowest BCUT2D eigenvalue weighted by Crippen LogP contribution is -2.30. The van der Waals surface area contributed by atoms with E-state index in [9.17, 15) is 4.79 Å². The standard InChI is InChI=1S/C8H16BO4P/c1-2-8(10)13-5-3-7(9)12-6(5)4-11-14/h5-7H,2-4,9,14H2,1H3/t5?,6-,7-/m0/s1. The fourth-order valence-corrected chi connectivity index (χ4v) is 1.73. The Morgan fingerprint density at radius 2 is 2.43 bits per heavy atom. The van der Waals surface area contributed by atoms with Crippen LogP contribution in [0.3, 0.4) is 0 Å². The number of ether oxygens (including phenoxy) is 2. The normalized spacial score (nSPS) is 31.7. The first-order valence-corrected chi connectivity index (χ1v) is 5.31. The topological polar surface area (TPSA) is 44.8 Å². The molecule has 0 radical (unpaired) electrons. The Morgan fingerprint density at radius 1 is 1.71 bits per heavy atom. The molecular formula is C8H16BO4P. The van der Waals surface area contributed by atoms with Crippen LogP contribution >= 0.6 is 9.47 Å². The van der Waals surface area contributed by atoms with E-state index in [-0.39, 0.29) is 24.2 Å². The highest BCUT2D eigenvalue weighted by atomic mass is 31.0. The Balaban J connectivity index is 2.44. The fourth-order valence-electron chi connectivity index (χ4n) is 1.54. The van der Waals surface area contributed by atoms with E-state index >= 15 is 0 Å². The first kappa shape index (κ1) is 12.0. The number of carbonyl (C=O) groups excluding carboxylic acids is 1. The van der Waals surface area contributed by atoms with Crippen LogP contribution in [-0.2, 0) is 18.8 Å². The summed E-state index contributed by atoms with van der Waals surface area (Å²) in [6, 6.07) is 0.134. The van der Waals surface area contributed by atoms with Crippen molar-refractivity contribution in [2.24, 2.45) is 0 Å². The summed E-state index contributed by atoms with van der Waals surface area (Å²) in [5.41, 5.74) is 0. The number of hydrogen-bond donors (Lipinski definition) is 0. The summed E-state index contributed by atoms with van der Waals surface area (Å²) in [6.07, 6.45) is 0.875. The summed E-state index contributed by atoms with van der Waals surface area (Å²) in [6.45, 7) is 2.22. The summed E-state index contributed by atoms with van der Waals surface area (Å²) in [7, 11) is 4.14. The Bertz CT molecular complexity index is 202. The highest BCUT2D eigenvalue weighted by Gasteiger charge is 2.35. The van der Waals surface area contributed by atoms with Crippen molar-refractivity contribution >= 4 is 23.3 Å². The Labute approximate surface area is 87.4 Å². The second-order valence-electron chi connectivity index (χ2n) is 3.44. The van der Waals surface area contributed by atoms with E-state index in [4.69, 9.17) is 14.0 Å². The molecule has 1 heterocycles. The third kappa shape index (κ3) is 3.23. The van der Waals surface area contributed by atoms with Crippen LogP contribution in [0.1, 0.15) is 19.8 Å². The minimum Gasteiger partial charge on any atom is -0.459 e. The van der Waals surface area contributed by atoms with Crippen molar-refractivity contribution in [2.75, 3.05) is 6.61 Å². The lowest BCUT2D eigenvalue weighted by Gasteiger charge is -2.17. The van der Waals surface area contributed by atoms with E-state index in [1.807, 2.05) is 7.85 Å². The summed E-state index contributed by atoms with van der Waals surface area (Å²) in [4.78, 5) is 11.1. The van der Waals surface area contributed by atoms with E-state index in [0.717, 1.165) is 6.42 Å². The SMILES string of the molecule is B[C@@H]1CC(OC(=O)CC)[C@H](COP)O1. The van der Waals surface area contributed by atoms with Gasteiger partial charge < -0.3 is 14.0 Å². The largest absolute Gasteiger partial charge is 0.459 e. The number of carbonyl (C=O) groups is 1. The average Bonchev–Trinajstić information content (AvgIpc) is 2.47. The summed E-state index contributed by atoms with van der Waals surface area (Å²) in [5, 5.41) is 0. The van der Waals surface area contributed by atoms with E-state index < -0.39 is 0 Å². The van der Waals surface area contributed by atoms with Crippen LogP contribution in [0.2, 0.25) is 0 Å². The quantitative estimate of drug-likeness (QED) is 0.374. The molecule has 1 saturated heterocycles. The number of hydrogen-bond acceptors (Lipinski definition) is 4. The van der Waals surface area contributed by atoms with Crippen LogP contribution in [0, 0.1) is 0 Å². The second kappa shape index (κ2) is 5.69. The molecule has 1 rings (SSSR count). The van der Waals surface area contributed by atoms with Crippen molar-refractivity contribution in [1.82, 2.24) is 0 Å². The van der Waals surface area contributed by atoms with E-state index in [2.05, 4.69) is 9.47 Å². The van der Waals surface area contributed by atoms with Crippen LogP contribution in [0.15, 0.2) is 0 Å². The predicted molar refractivity (Wildman–Crippen MR) is 57.7 cm³/mol. The monoisotopic (exact) mass is 218 g/mol. The minimum atomic E-state index is -0.179. The van der Waals surface area contributed by atoms with Crippen LogP contribution in [0.4, 0.5) is 0 Å². The highest BCUT2D eigenvalue weighted by Crippen LogP contribution is 2.22. The summed E-state index contributed by atoms with van der Waals surface area (Å²) < 4.78 is 15.7. The molecule has 4 nitrogen and oxygen atoms in total. The maximum atomic E-state index is 11.1. The molecule has 0 aromatic heterocycles. The zero-order chi connectivity index (χ0) is 10.6. The smallest absolute Gasteiger partial charge is 0.305 e. The van der Waals surface area contributed by atoms with Gasteiger partial charge in [0.1, 0.15) is 20.1 Å². The first-order valence-electron chi connectivity index (χ1n) is 4.84. The molecule has 0 N–H and O–H groups in total. The fraction of sp³-hybridized carbons (Fsp3) is 0.875. The van der Waals surface area contributed by atoms with Crippen LogP contribution in [-0.4, -0.2) is 38.6 Å². The molecule has 0 saturated carbocycles. The Hall–Kier alpha value is -0.115. The Kier molecular flexibility index (Phi) is 4.86. The van der Waals surface area contributed by atoms with Gasteiger partial charge in [-0.15, -0.1) is 0 Å². The number of rotatable bonds is 4. The molecule has 0 amide bonds. The lowest BCUT2D eigenvalue weighted by molar-refractivity contribution is -0.152. The number of esters is 1. The van der Waals surface area contributed by atoms with Gasteiger partial charge in [-0.1, -0.05) is 6.92 Å². The van der Waals surface area contributed by atoms with Gasteiger partial charge in [-0.25, -0.2) is 0 Å². The maximum absolute atomic E-state index is 11.1. The van der Waals surface area contributed by atoms with Gasteiger partial charge in [0, 0.05) is 28.3 Å². The molecule has 0 bridgehead atoms. The second-order valence-corrected chi connectivity index (χ2v) is 3.77. The summed E-state index contributed by atoms with van der Waals surface area (Å²) >= 11 is 0. The molecule has 80 valence electrons. The van der Waals surface area contributed by atoms with Crippen molar-refractivity contribution in [3.63, 3.8) is 0 Å². The van der Waals surface area contributed by atoms with Crippen molar-refractivity contribution in [3.05, 3.63) is 0 Å². The third-order valence-electron chi connectivity index (χ3n) is 2.22. The molecule has 0 spiro atoms. The first-order chi connectivity index (χ1) is 6.67. The summed E-state index contributed by atoms with van der Waals surface area (Å²) in [5.74, 6) is -0.179. The van der Waals surface area contributed by atoms with Gasteiger partial charge in [-0.05, 0) is 0 Å². The third-order valence-corrected chi connectivity index (χ3v) is 2.41. The van der Waals surface area contributed by atoms with Gasteiger partial charge >= 0.3 is 5.97 Å². The molecule has 0 aromatic carbocycles. The zero-order valence-corrected chi connectivity index (χ0v) is 9.72. The highest BCUT2D eigenvalue weighted by molar-refractivity contribution is 7.09. The maximum Gasteiger partial charge on any atom is 0.305 e. The van der Waals surface area contributed by atoms with Gasteiger partial charge in [0.2, 0.25) is 0 Å².